The van der Waals surface area contributed by atoms with E-state index in [0.29, 0.717) is 13.1 Å². The van der Waals surface area contributed by atoms with Crippen LogP contribution in [0.3, 0.4) is 0 Å². The third kappa shape index (κ3) is 107. The summed E-state index contributed by atoms with van der Waals surface area (Å²) in [5.74, 6) is -1.08. The van der Waals surface area contributed by atoms with E-state index in [0.717, 1.165) is 6.92 Å². The molecule has 0 aliphatic heterocycles. The Morgan fingerprint density at radius 3 is 1.25 bits per heavy atom. The Balaban J connectivity index is -0.0000000112. The van der Waals surface area contributed by atoms with E-state index < -0.39 is 5.97 Å². The van der Waals surface area contributed by atoms with E-state index in [2.05, 4.69) is 0 Å². The number of hydrogen-bond donors (Lipinski definition) is 2. The second-order valence-corrected chi connectivity index (χ2v) is 1.07. The van der Waals surface area contributed by atoms with Crippen LogP contribution in [0.2, 0.25) is 0 Å². The van der Waals surface area contributed by atoms with Gasteiger partial charge in [0.2, 0.25) is 0 Å². The Labute approximate surface area is 162 Å². The molecule has 4 nitrogen and oxygen atoms in total. The van der Waals surface area contributed by atoms with E-state index in [9.17, 15) is 0 Å². The van der Waals surface area contributed by atoms with Gasteiger partial charge in [0.15, 0.2) is 0 Å². The van der Waals surface area contributed by atoms with Gasteiger partial charge in [0, 0.05) is 19.1 Å². The van der Waals surface area contributed by atoms with Crippen molar-refractivity contribution in [3.05, 3.63) is 0 Å². The van der Waals surface area contributed by atoms with E-state index >= 15 is 0 Å². The molecule has 56 valence electrons. The minimum atomic E-state index is -1.08. The molecule has 0 aromatic heterocycles. The molecule has 8 heteroatoms. The van der Waals surface area contributed by atoms with Crippen LogP contribution in [-0.4, -0.2) is 108 Å². The van der Waals surface area contributed by atoms with Crippen LogP contribution in [0.25, 0.3) is 0 Å². The number of carboxylic acids is 1. The SMILES string of the molecule is CC(=O)[O-].NCCN.[Na+].[NaH].[NaH].[NaH]. The molecule has 0 saturated carbocycles. The number of carboxylic acid groups (broad SMARTS) is 1. The zero-order valence-electron chi connectivity index (χ0n) is 5.89. The van der Waals surface area contributed by atoms with Crippen LogP contribution in [0.4, 0.5) is 0 Å². The van der Waals surface area contributed by atoms with Crippen molar-refractivity contribution in [3.8, 4) is 0 Å². The summed E-state index contributed by atoms with van der Waals surface area (Å²) in [6, 6.07) is 0. The summed E-state index contributed by atoms with van der Waals surface area (Å²) >= 11 is 0. The fourth-order valence-electron chi connectivity index (χ4n) is 0. The first-order valence-corrected chi connectivity index (χ1v) is 2.22. The molecule has 0 saturated heterocycles. The van der Waals surface area contributed by atoms with Crippen LogP contribution in [0, 0.1) is 0 Å². The monoisotopic (exact) mass is 214 g/mol. The normalized spacial score (nSPS) is 4.58. The molecule has 0 aromatic rings. The van der Waals surface area contributed by atoms with Gasteiger partial charge in [-0.05, 0) is 6.92 Å². The van der Waals surface area contributed by atoms with Gasteiger partial charge in [0.1, 0.15) is 0 Å². The van der Waals surface area contributed by atoms with Crippen molar-refractivity contribution in [1.82, 2.24) is 0 Å². The second kappa shape index (κ2) is 36.7. The fourth-order valence-corrected chi connectivity index (χ4v) is 0. The van der Waals surface area contributed by atoms with Crippen LogP contribution in [0.5, 0.6) is 0 Å². The van der Waals surface area contributed by atoms with Gasteiger partial charge in [0.05, 0.1) is 0 Å². The standard InChI is InChI=1S/C2H8N2.C2H4O2.4Na.3H/c3-1-2-4;1-2(3)4;;;;;;;/h1-4H2;1H3,(H,3,4);;;;;;;/q;;;;;+1;;;/p-1. The van der Waals surface area contributed by atoms with Crippen molar-refractivity contribution in [1.29, 1.82) is 0 Å². The van der Waals surface area contributed by atoms with Gasteiger partial charge in [-0.1, -0.05) is 0 Å². The third-order valence-electron chi connectivity index (χ3n) is 0.167. The van der Waals surface area contributed by atoms with Crippen molar-refractivity contribution < 1.29 is 39.5 Å². The summed E-state index contributed by atoms with van der Waals surface area (Å²) < 4.78 is 0. The average molecular weight is 214 g/mol. The number of nitrogens with two attached hydrogens (primary N) is 2. The molecule has 0 aliphatic rings. The van der Waals surface area contributed by atoms with Gasteiger partial charge >= 0.3 is 118 Å². The van der Waals surface area contributed by atoms with Crippen molar-refractivity contribution in [2.75, 3.05) is 13.1 Å². The summed E-state index contributed by atoms with van der Waals surface area (Å²) in [4.78, 5) is 8.89. The molecule has 12 heavy (non-hydrogen) atoms. The van der Waals surface area contributed by atoms with Gasteiger partial charge in [-0.2, -0.15) is 0 Å². The van der Waals surface area contributed by atoms with Crippen molar-refractivity contribution in [2.45, 2.75) is 6.92 Å². The Morgan fingerprint density at radius 1 is 1.17 bits per heavy atom. The predicted octanol–water partition coefficient (Wildman–Crippen LogP) is -7.28. The summed E-state index contributed by atoms with van der Waals surface area (Å²) in [6.45, 7) is 2.17. The summed E-state index contributed by atoms with van der Waals surface area (Å²) in [7, 11) is 0. The average Bonchev–Trinajstić information content (AvgIpc) is 1.65. The maximum absolute atomic E-state index is 8.89. The molecule has 0 spiro atoms. The quantitative estimate of drug-likeness (QED) is 0.424. The molecule has 0 aromatic carbocycles. The number of hydrogen-bond acceptors (Lipinski definition) is 4. The Hall–Kier alpha value is 3.39. The Bertz CT molecular complexity index is 61.0. The van der Waals surface area contributed by atoms with Crippen molar-refractivity contribution >= 4 is 94.6 Å². The van der Waals surface area contributed by atoms with Gasteiger partial charge in [-0.25, -0.2) is 0 Å². The third-order valence-corrected chi connectivity index (χ3v) is 0.167. The number of aliphatic carboxylic acids is 1. The first kappa shape index (κ1) is 36.1. The molecule has 0 rings (SSSR count). The van der Waals surface area contributed by atoms with Gasteiger partial charge < -0.3 is 21.4 Å². The van der Waals surface area contributed by atoms with E-state index in [1.165, 1.54) is 0 Å². The molecule has 0 unspecified atom stereocenters. The molecule has 0 bridgehead atoms. The zero-order chi connectivity index (χ0) is 6.99. The molecular formula is C4H14N2Na4O2. The van der Waals surface area contributed by atoms with Crippen LogP contribution in [-0.2, 0) is 4.79 Å². The van der Waals surface area contributed by atoms with Gasteiger partial charge in [0.25, 0.3) is 0 Å². The van der Waals surface area contributed by atoms with Gasteiger partial charge in [-0.3, -0.25) is 0 Å². The van der Waals surface area contributed by atoms with Crippen LogP contribution >= 0.6 is 0 Å². The first-order valence-electron chi connectivity index (χ1n) is 2.22. The first-order chi connectivity index (χ1) is 3.65. The molecule has 0 amide bonds. The molecular weight excluding hydrogens is 200 g/mol. The zero-order valence-corrected chi connectivity index (χ0v) is 7.89. The minimum absolute atomic E-state index is 0. The molecule has 0 heterocycles. The molecule has 0 atom stereocenters. The van der Waals surface area contributed by atoms with Crippen molar-refractivity contribution in [3.63, 3.8) is 0 Å². The molecule has 4 N–H and O–H groups in total. The summed E-state index contributed by atoms with van der Waals surface area (Å²) in [5.41, 5.74) is 9.81. The topological polar surface area (TPSA) is 92.2 Å². The molecule has 0 aliphatic carbocycles. The van der Waals surface area contributed by atoms with E-state index in [1.807, 2.05) is 0 Å². The van der Waals surface area contributed by atoms with E-state index in [4.69, 9.17) is 21.4 Å². The van der Waals surface area contributed by atoms with Gasteiger partial charge in [-0.15, -0.1) is 0 Å². The van der Waals surface area contributed by atoms with Crippen LogP contribution in [0.1, 0.15) is 6.92 Å². The number of carbonyl (C=O) groups is 1. The van der Waals surface area contributed by atoms with Crippen LogP contribution in [0.15, 0.2) is 0 Å². The predicted molar refractivity (Wildman–Crippen MR) is 50.2 cm³/mol. The van der Waals surface area contributed by atoms with E-state index in [1.54, 1.807) is 0 Å². The fraction of sp³-hybridized carbons (Fsp3) is 0.750. The maximum atomic E-state index is 8.89. The Morgan fingerprint density at radius 2 is 1.25 bits per heavy atom. The Kier molecular flexibility index (Phi) is 110. The number of rotatable bonds is 1. The molecule has 0 fully saturated rings. The number of carbonyl (C=O) groups excluding carboxylic acids is 1. The van der Waals surface area contributed by atoms with E-state index in [-0.39, 0.29) is 118 Å². The molecule has 0 radical (unpaired) electrons. The second-order valence-electron chi connectivity index (χ2n) is 1.07. The summed E-state index contributed by atoms with van der Waals surface area (Å²) in [6.07, 6.45) is 0. The van der Waals surface area contributed by atoms with Crippen molar-refractivity contribution in [2.24, 2.45) is 11.5 Å². The van der Waals surface area contributed by atoms with Crippen LogP contribution < -0.4 is 46.1 Å². The summed E-state index contributed by atoms with van der Waals surface area (Å²) in [5, 5.41) is 8.89.